The molecule has 0 N–H and O–H groups in total. The second-order valence-corrected chi connectivity index (χ2v) is 7.09. The number of quaternary nitrogens is 1. The van der Waals surface area contributed by atoms with Gasteiger partial charge in [-0.15, -0.1) is 0 Å². The summed E-state index contributed by atoms with van der Waals surface area (Å²) < 4.78 is 4.25. The van der Waals surface area contributed by atoms with Crippen molar-refractivity contribution in [2.24, 2.45) is 11.8 Å². The van der Waals surface area contributed by atoms with Gasteiger partial charge in [0.05, 0.1) is 18.9 Å². The lowest BCUT2D eigenvalue weighted by atomic mass is 10.00. The maximum atomic E-state index is 13.2. The molecule has 2 aromatic rings. The fourth-order valence-electron chi connectivity index (χ4n) is 3.89. The Balaban J connectivity index is 2.14. The number of carbonyl (C=O) groups excluding carboxylic acids is 3. The predicted octanol–water partition coefficient (Wildman–Crippen LogP) is 3.56. The van der Waals surface area contributed by atoms with E-state index in [9.17, 15) is 14.4 Å². The fourth-order valence-corrected chi connectivity index (χ4v) is 3.89. The summed E-state index contributed by atoms with van der Waals surface area (Å²) >= 11 is 0. The average molecular weight is 366 g/mol. The quantitative estimate of drug-likeness (QED) is 0.472. The third kappa shape index (κ3) is 2.79. The van der Waals surface area contributed by atoms with Gasteiger partial charge >= 0.3 is 17.8 Å². The number of hydrogen-bond acceptors (Lipinski definition) is 4. The fraction of sp³-hybridized carbons (Fsp3) is 0.318. The molecule has 140 valence electrons. The van der Waals surface area contributed by atoms with Crippen molar-refractivity contribution in [3.8, 4) is 11.1 Å². The summed E-state index contributed by atoms with van der Waals surface area (Å²) in [5, 5.41) is 0. The van der Waals surface area contributed by atoms with Crippen molar-refractivity contribution >= 4 is 23.5 Å². The monoisotopic (exact) mass is 366 g/mol. The lowest BCUT2D eigenvalue weighted by Gasteiger charge is -2.33. The Bertz CT molecular complexity index is 853. The minimum Gasteiger partial charge on any atom is -0.465 e. The van der Waals surface area contributed by atoms with Crippen molar-refractivity contribution in [3.05, 3.63) is 54.6 Å². The summed E-state index contributed by atoms with van der Waals surface area (Å²) in [5.74, 6) is -2.03. The largest absolute Gasteiger partial charge is 0.465 e. The van der Waals surface area contributed by atoms with Crippen LogP contribution in [0.2, 0.25) is 0 Å². The molecule has 2 unspecified atom stereocenters. The van der Waals surface area contributed by atoms with Crippen LogP contribution in [0, 0.1) is 11.8 Å². The maximum Gasteiger partial charge on any atom is 0.365 e. The van der Waals surface area contributed by atoms with Crippen molar-refractivity contribution in [3.63, 3.8) is 0 Å². The second kappa shape index (κ2) is 7.08. The van der Waals surface area contributed by atoms with Crippen molar-refractivity contribution in [1.29, 1.82) is 0 Å². The number of amides is 2. The van der Waals surface area contributed by atoms with E-state index in [4.69, 9.17) is 4.74 Å². The molecule has 1 heterocycles. The molecule has 0 aromatic heterocycles. The molecule has 0 radical (unpaired) electrons. The van der Waals surface area contributed by atoms with Crippen LogP contribution in [0.1, 0.15) is 20.8 Å². The number of esters is 1. The van der Waals surface area contributed by atoms with Gasteiger partial charge in [0, 0.05) is 19.1 Å². The van der Waals surface area contributed by atoms with Gasteiger partial charge in [-0.2, -0.15) is 4.48 Å². The van der Waals surface area contributed by atoms with Crippen LogP contribution in [-0.2, 0) is 19.1 Å². The molecule has 5 nitrogen and oxygen atoms in total. The number of imide groups is 1. The molecule has 3 atom stereocenters. The molecule has 2 aromatic carbocycles. The summed E-state index contributed by atoms with van der Waals surface area (Å²) in [6.07, 6.45) is 0. The lowest BCUT2D eigenvalue weighted by Crippen LogP contribution is -2.63. The number of rotatable bonds is 4. The van der Waals surface area contributed by atoms with E-state index in [1.165, 1.54) is 7.11 Å². The molecule has 27 heavy (non-hydrogen) atoms. The highest BCUT2D eigenvalue weighted by atomic mass is 16.5. The van der Waals surface area contributed by atoms with Crippen molar-refractivity contribution in [1.82, 2.24) is 4.48 Å². The van der Waals surface area contributed by atoms with E-state index >= 15 is 0 Å². The molecular weight excluding hydrogens is 342 g/mol. The van der Waals surface area contributed by atoms with Crippen molar-refractivity contribution < 1.29 is 19.1 Å². The van der Waals surface area contributed by atoms with Crippen LogP contribution < -0.4 is 4.48 Å². The Morgan fingerprint density at radius 2 is 1.37 bits per heavy atom. The van der Waals surface area contributed by atoms with Gasteiger partial charge in [-0.05, 0) is 37.1 Å². The van der Waals surface area contributed by atoms with Crippen LogP contribution in [-0.4, -0.2) is 30.9 Å². The van der Waals surface area contributed by atoms with Gasteiger partial charge < -0.3 is 4.74 Å². The zero-order valence-corrected chi connectivity index (χ0v) is 16.0. The van der Waals surface area contributed by atoms with Crippen LogP contribution in [0.3, 0.4) is 0 Å². The summed E-state index contributed by atoms with van der Waals surface area (Å²) in [4.78, 5) is 38.7. The van der Waals surface area contributed by atoms with Crippen LogP contribution in [0.4, 0.5) is 5.69 Å². The van der Waals surface area contributed by atoms with Gasteiger partial charge in [0.2, 0.25) is 6.04 Å². The van der Waals surface area contributed by atoms with Crippen molar-refractivity contribution in [2.75, 3.05) is 7.11 Å². The van der Waals surface area contributed by atoms with Gasteiger partial charge in [-0.25, -0.2) is 14.4 Å². The van der Waals surface area contributed by atoms with Crippen molar-refractivity contribution in [2.45, 2.75) is 26.8 Å². The first-order valence-electron chi connectivity index (χ1n) is 9.07. The summed E-state index contributed by atoms with van der Waals surface area (Å²) in [6, 6.07) is 16.2. The second-order valence-electron chi connectivity index (χ2n) is 7.09. The van der Waals surface area contributed by atoms with Gasteiger partial charge in [-0.1, -0.05) is 30.3 Å². The number of nitrogens with zero attached hydrogens (tertiary/aromatic N) is 1. The van der Waals surface area contributed by atoms with E-state index in [1.54, 1.807) is 32.9 Å². The topological polar surface area (TPSA) is 60.4 Å². The first-order chi connectivity index (χ1) is 12.9. The molecule has 1 saturated heterocycles. The zero-order chi connectivity index (χ0) is 19.8. The first kappa shape index (κ1) is 19.0. The Hall–Kier alpha value is -2.79. The van der Waals surface area contributed by atoms with Crippen LogP contribution in [0.25, 0.3) is 11.1 Å². The summed E-state index contributed by atoms with van der Waals surface area (Å²) in [6.45, 7) is 5.07. The number of benzene rings is 2. The Kier molecular flexibility index (Phi) is 4.98. The molecule has 0 spiro atoms. The summed E-state index contributed by atoms with van der Waals surface area (Å²) in [7, 11) is 1.27. The average Bonchev–Trinajstić information content (AvgIpc) is 2.89. The molecule has 3 rings (SSSR count). The Morgan fingerprint density at radius 3 is 1.85 bits per heavy atom. The van der Waals surface area contributed by atoms with E-state index < -0.39 is 28.3 Å². The molecular formula is C22H24NO4+. The first-order valence-corrected chi connectivity index (χ1v) is 9.07. The number of ether oxygens (including phenoxy) is 1. The third-order valence-corrected chi connectivity index (χ3v) is 5.73. The maximum absolute atomic E-state index is 13.2. The summed E-state index contributed by atoms with van der Waals surface area (Å²) in [5.41, 5.74) is 2.51. The standard InChI is InChI=1S/C22H24NO4/c1-14-15(2)21(25)23(20(14)24,16(3)22(26)27-4)19-12-10-18(11-13-19)17-8-6-5-7-9-17/h5-16H,1-4H3/q+1/t14?,15?,16-,23?/m0/s1. The van der Waals surface area contributed by atoms with Crippen LogP contribution >= 0.6 is 0 Å². The van der Waals surface area contributed by atoms with Crippen LogP contribution in [0.15, 0.2) is 54.6 Å². The third-order valence-electron chi connectivity index (χ3n) is 5.73. The zero-order valence-electron chi connectivity index (χ0n) is 16.0. The highest BCUT2D eigenvalue weighted by Gasteiger charge is 2.64. The molecule has 1 aliphatic rings. The molecule has 1 aliphatic heterocycles. The Morgan fingerprint density at radius 1 is 0.889 bits per heavy atom. The van der Waals surface area contributed by atoms with Gasteiger partial charge in [0.15, 0.2) is 0 Å². The van der Waals surface area contributed by atoms with E-state index in [-0.39, 0.29) is 11.8 Å². The highest BCUT2D eigenvalue weighted by molar-refractivity contribution is 6.18. The molecule has 0 bridgehead atoms. The van der Waals surface area contributed by atoms with E-state index in [2.05, 4.69) is 0 Å². The molecule has 1 fully saturated rings. The predicted molar refractivity (Wildman–Crippen MR) is 103 cm³/mol. The number of likely N-dealkylation sites (tertiary alicyclic amines) is 1. The van der Waals surface area contributed by atoms with E-state index in [1.807, 2.05) is 42.5 Å². The molecule has 5 heteroatoms. The molecule has 2 amide bonds. The minimum absolute atomic E-state index is 0.266. The number of hydrogen-bond donors (Lipinski definition) is 0. The van der Waals surface area contributed by atoms with Gasteiger partial charge in [0.1, 0.15) is 5.69 Å². The van der Waals surface area contributed by atoms with Gasteiger partial charge in [0.25, 0.3) is 0 Å². The smallest absolute Gasteiger partial charge is 0.365 e. The normalized spacial score (nSPS) is 26.1. The number of methoxy groups -OCH3 is 1. The van der Waals surface area contributed by atoms with Gasteiger partial charge in [-0.3, -0.25) is 0 Å². The Labute approximate surface area is 159 Å². The van der Waals surface area contributed by atoms with E-state index in [0.717, 1.165) is 11.1 Å². The lowest BCUT2D eigenvalue weighted by molar-refractivity contribution is -0.155. The SMILES string of the molecule is COC(=O)[C@H](C)[N+]1(c2ccc(-c3ccccc3)cc2)C(=O)C(C)C(C)C1=O. The molecule has 0 saturated carbocycles. The number of carbonyl (C=O) groups is 3. The van der Waals surface area contributed by atoms with Crippen LogP contribution in [0.5, 0.6) is 0 Å². The molecule has 0 aliphatic carbocycles. The minimum atomic E-state index is -0.940. The van der Waals surface area contributed by atoms with E-state index in [0.29, 0.717) is 5.69 Å². The highest BCUT2D eigenvalue weighted by Crippen LogP contribution is 2.41.